The molecular formula is C11H14N2O2S. The number of thioether (sulfide) groups is 1. The van der Waals surface area contributed by atoms with Crippen LogP contribution in [-0.2, 0) is 18.8 Å². The highest BCUT2D eigenvalue weighted by Crippen LogP contribution is 2.13. The fourth-order valence-corrected chi connectivity index (χ4v) is 1.82. The van der Waals surface area contributed by atoms with Gasteiger partial charge >= 0.3 is 0 Å². The normalized spacial score (nSPS) is 10.8. The molecule has 2 aromatic heterocycles. The molecule has 2 heterocycles. The van der Waals surface area contributed by atoms with Crippen LogP contribution in [-0.4, -0.2) is 11.4 Å². The zero-order chi connectivity index (χ0) is 11.2. The van der Waals surface area contributed by atoms with Crippen LogP contribution >= 0.6 is 11.8 Å². The van der Waals surface area contributed by atoms with Gasteiger partial charge in [0.15, 0.2) is 0 Å². The van der Waals surface area contributed by atoms with E-state index in [2.05, 4.69) is 16.7 Å². The van der Waals surface area contributed by atoms with Gasteiger partial charge in [-0.1, -0.05) is 5.16 Å². The van der Waals surface area contributed by atoms with Crippen LogP contribution in [0.1, 0.15) is 17.3 Å². The average Bonchev–Trinajstić information content (AvgIpc) is 2.90. The van der Waals surface area contributed by atoms with E-state index in [1.54, 1.807) is 18.0 Å². The van der Waals surface area contributed by atoms with Gasteiger partial charge in [-0.15, -0.1) is 0 Å². The molecule has 2 rings (SSSR count). The van der Waals surface area contributed by atoms with Crippen LogP contribution in [0.25, 0.3) is 0 Å². The van der Waals surface area contributed by atoms with Crippen molar-refractivity contribution < 1.29 is 8.94 Å². The summed E-state index contributed by atoms with van der Waals surface area (Å²) in [6.45, 7) is 1.37. The molecule has 0 unspecified atom stereocenters. The summed E-state index contributed by atoms with van der Waals surface area (Å²) >= 11 is 1.75. The molecule has 0 aliphatic rings. The van der Waals surface area contributed by atoms with Gasteiger partial charge in [0, 0.05) is 6.07 Å². The Morgan fingerprint density at radius 2 is 2.00 bits per heavy atom. The minimum Gasteiger partial charge on any atom is -0.464 e. The van der Waals surface area contributed by atoms with Gasteiger partial charge in [0.2, 0.25) is 0 Å². The second-order valence-corrected chi connectivity index (χ2v) is 4.25. The van der Waals surface area contributed by atoms with Crippen molar-refractivity contribution in [3.8, 4) is 0 Å². The van der Waals surface area contributed by atoms with Crippen molar-refractivity contribution >= 4 is 11.8 Å². The van der Waals surface area contributed by atoms with Crippen LogP contribution in [0.4, 0.5) is 0 Å². The van der Waals surface area contributed by atoms with E-state index in [0.717, 1.165) is 23.0 Å². The summed E-state index contributed by atoms with van der Waals surface area (Å²) in [7, 11) is 0. The lowest BCUT2D eigenvalue weighted by atomic mass is 10.4. The molecule has 16 heavy (non-hydrogen) atoms. The van der Waals surface area contributed by atoms with E-state index in [-0.39, 0.29) is 0 Å². The van der Waals surface area contributed by atoms with E-state index < -0.39 is 0 Å². The summed E-state index contributed by atoms with van der Waals surface area (Å²) in [5, 5.41) is 6.86. The third-order valence-corrected chi connectivity index (χ3v) is 2.67. The second-order valence-electron chi connectivity index (χ2n) is 3.38. The molecule has 2 aromatic rings. The lowest BCUT2D eigenvalue weighted by Crippen LogP contribution is -2.11. The number of nitrogens with one attached hydrogen (secondary N) is 1. The van der Waals surface area contributed by atoms with E-state index >= 15 is 0 Å². The van der Waals surface area contributed by atoms with Crippen LogP contribution in [0, 0.1) is 0 Å². The largest absolute Gasteiger partial charge is 0.464 e. The minimum atomic E-state index is 0.665. The molecule has 0 aliphatic heterocycles. The van der Waals surface area contributed by atoms with Crippen LogP contribution in [0.15, 0.2) is 33.3 Å². The molecule has 0 atom stereocenters. The highest BCUT2D eigenvalue weighted by molar-refractivity contribution is 7.97. The topological polar surface area (TPSA) is 51.2 Å². The van der Waals surface area contributed by atoms with Gasteiger partial charge in [0.1, 0.15) is 17.3 Å². The molecule has 86 valence electrons. The third kappa shape index (κ3) is 3.15. The Morgan fingerprint density at radius 3 is 2.75 bits per heavy atom. The lowest BCUT2D eigenvalue weighted by Gasteiger charge is -1.98. The van der Waals surface area contributed by atoms with E-state index in [0.29, 0.717) is 13.1 Å². The molecule has 4 nitrogen and oxygen atoms in total. The monoisotopic (exact) mass is 238 g/mol. The number of furan rings is 1. The Hall–Kier alpha value is -1.20. The molecule has 0 bridgehead atoms. The molecule has 0 aliphatic carbocycles. The van der Waals surface area contributed by atoms with Crippen molar-refractivity contribution in [3.05, 3.63) is 41.7 Å². The summed E-state index contributed by atoms with van der Waals surface area (Å²) in [6, 6.07) is 5.86. The van der Waals surface area contributed by atoms with E-state index in [4.69, 9.17) is 8.94 Å². The zero-order valence-corrected chi connectivity index (χ0v) is 9.92. The maximum atomic E-state index is 5.61. The Kier molecular flexibility index (Phi) is 4.07. The molecule has 0 saturated heterocycles. The molecule has 0 radical (unpaired) electrons. The van der Waals surface area contributed by atoms with Crippen LogP contribution in [0.3, 0.4) is 0 Å². The molecule has 5 heteroatoms. The van der Waals surface area contributed by atoms with Gasteiger partial charge in [-0.25, -0.2) is 0 Å². The highest BCUT2D eigenvalue weighted by atomic mass is 32.2. The van der Waals surface area contributed by atoms with Crippen molar-refractivity contribution in [2.75, 3.05) is 6.26 Å². The Bertz CT molecular complexity index is 411. The molecule has 0 aromatic carbocycles. The Morgan fingerprint density at radius 1 is 1.19 bits per heavy atom. The highest BCUT2D eigenvalue weighted by Gasteiger charge is 2.02. The van der Waals surface area contributed by atoms with Crippen molar-refractivity contribution in [2.45, 2.75) is 18.8 Å². The molecular weight excluding hydrogens is 224 g/mol. The van der Waals surface area contributed by atoms with E-state index in [1.807, 2.05) is 18.2 Å². The molecule has 0 saturated carbocycles. The fraction of sp³-hybridized carbons (Fsp3) is 0.364. The van der Waals surface area contributed by atoms with Crippen molar-refractivity contribution in [2.24, 2.45) is 0 Å². The first-order valence-corrected chi connectivity index (χ1v) is 6.44. The summed E-state index contributed by atoms with van der Waals surface area (Å²) < 4.78 is 10.6. The lowest BCUT2D eigenvalue weighted by molar-refractivity contribution is 0.368. The first kappa shape index (κ1) is 11.3. The fourth-order valence-electron chi connectivity index (χ4n) is 1.38. The predicted octanol–water partition coefficient (Wildman–Crippen LogP) is 2.42. The molecule has 1 N–H and O–H groups in total. The smallest absolute Gasteiger partial charge is 0.150 e. The summed E-state index contributed by atoms with van der Waals surface area (Å²) in [5.74, 6) is 3.71. The summed E-state index contributed by atoms with van der Waals surface area (Å²) in [5.41, 5.74) is 0. The van der Waals surface area contributed by atoms with Gasteiger partial charge < -0.3 is 14.3 Å². The van der Waals surface area contributed by atoms with E-state index in [1.165, 1.54) is 0 Å². The molecule has 0 spiro atoms. The number of hydrogen-bond donors (Lipinski definition) is 1. The first-order valence-electron chi connectivity index (χ1n) is 5.05. The van der Waals surface area contributed by atoms with Gasteiger partial charge in [-0.05, 0) is 18.4 Å². The number of nitrogens with zero attached hydrogens (tertiary/aromatic N) is 1. The van der Waals surface area contributed by atoms with Gasteiger partial charge in [-0.2, -0.15) is 11.8 Å². The standard InChI is InChI=1S/C11H14N2O2S/c1-16-8-11-3-2-9(14-11)6-12-7-10-4-5-13-15-10/h2-5,12H,6-8H2,1H3. The van der Waals surface area contributed by atoms with E-state index in [9.17, 15) is 0 Å². The number of aromatic nitrogens is 1. The van der Waals surface area contributed by atoms with Gasteiger partial charge in [0.25, 0.3) is 0 Å². The van der Waals surface area contributed by atoms with Gasteiger partial charge in [0.05, 0.1) is 25.0 Å². The van der Waals surface area contributed by atoms with Crippen LogP contribution < -0.4 is 5.32 Å². The minimum absolute atomic E-state index is 0.665. The third-order valence-electron chi connectivity index (χ3n) is 2.09. The number of rotatable bonds is 6. The maximum absolute atomic E-state index is 5.61. The number of hydrogen-bond acceptors (Lipinski definition) is 5. The first-order chi connectivity index (χ1) is 7.88. The maximum Gasteiger partial charge on any atom is 0.150 e. The average molecular weight is 238 g/mol. The predicted molar refractivity (Wildman–Crippen MR) is 63.0 cm³/mol. The Balaban J connectivity index is 1.76. The van der Waals surface area contributed by atoms with Crippen LogP contribution in [0.5, 0.6) is 0 Å². The van der Waals surface area contributed by atoms with Crippen LogP contribution in [0.2, 0.25) is 0 Å². The summed E-state index contributed by atoms with van der Waals surface area (Å²) in [6.07, 6.45) is 3.70. The van der Waals surface area contributed by atoms with Crippen molar-refractivity contribution in [1.29, 1.82) is 0 Å². The second kappa shape index (κ2) is 5.77. The van der Waals surface area contributed by atoms with Crippen molar-refractivity contribution in [3.63, 3.8) is 0 Å². The SMILES string of the molecule is CSCc1ccc(CNCc2ccno2)o1. The molecule has 0 amide bonds. The van der Waals surface area contributed by atoms with Gasteiger partial charge in [-0.3, -0.25) is 0 Å². The van der Waals surface area contributed by atoms with Crippen molar-refractivity contribution in [1.82, 2.24) is 10.5 Å². The quantitative estimate of drug-likeness (QED) is 0.837. The Labute approximate surface area is 98.4 Å². The zero-order valence-electron chi connectivity index (χ0n) is 9.10. The molecule has 0 fully saturated rings. The summed E-state index contributed by atoms with van der Waals surface area (Å²) in [4.78, 5) is 0.